The Morgan fingerprint density at radius 3 is 1.96 bits per heavy atom. The van der Waals surface area contributed by atoms with Gasteiger partial charge in [-0.05, 0) is 97.5 Å². The number of carbonyl (C=O) groups excluding carboxylic acids is 3. The van der Waals surface area contributed by atoms with Crippen LogP contribution < -0.4 is 10.5 Å². The minimum Gasteiger partial charge on any atom is -0.600 e. The number of hydroxylamine groups is 2. The Kier molecular flexibility index (Phi) is 19.1. The number of hydrogen-bond acceptors (Lipinski definition) is 20. The molecule has 5 saturated heterocycles. The van der Waals surface area contributed by atoms with E-state index in [2.05, 4.69) is 25.2 Å². The van der Waals surface area contributed by atoms with Crippen LogP contribution in [-0.2, 0) is 61.7 Å². The van der Waals surface area contributed by atoms with Gasteiger partial charge in [-0.3, -0.25) is 4.79 Å². The van der Waals surface area contributed by atoms with Crippen LogP contribution in [0.15, 0.2) is 58.4 Å². The minimum absolute atomic E-state index is 0.0265. The number of alkyl carbamates (subject to hydrolysis) is 1. The molecule has 83 heavy (non-hydrogen) atoms. The van der Waals surface area contributed by atoms with Crippen molar-refractivity contribution in [3.8, 4) is 0 Å². The van der Waals surface area contributed by atoms with E-state index in [1.807, 2.05) is 58.9 Å². The number of methoxy groups -OCH3 is 2. The van der Waals surface area contributed by atoms with Crippen LogP contribution in [0.3, 0.4) is 0 Å². The summed E-state index contributed by atoms with van der Waals surface area (Å²) in [6.07, 6.45) is -2.18. The largest absolute Gasteiger partial charge is 0.600 e. The quantitative estimate of drug-likeness (QED) is 0.0613. The molecule has 466 valence electrons. The maximum absolute atomic E-state index is 15.5. The number of ketones is 1. The Labute approximate surface area is 487 Å². The Bertz CT molecular complexity index is 2530. The van der Waals surface area contributed by atoms with Crippen molar-refractivity contribution in [2.45, 2.75) is 244 Å². The van der Waals surface area contributed by atoms with Crippen molar-refractivity contribution in [1.29, 1.82) is 0 Å². The van der Waals surface area contributed by atoms with Crippen LogP contribution in [0.25, 0.3) is 0 Å². The van der Waals surface area contributed by atoms with Crippen molar-refractivity contribution >= 4 is 17.8 Å². The fourth-order valence-electron chi connectivity index (χ4n) is 15.8. The van der Waals surface area contributed by atoms with Crippen LogP contribution >= 0.6 is 0 Å². The van der Waals surface area contributed by atoms with Gasteiger partial charge in [-0.2, -0.15) is 0 Å². The fourth-order valence-corrected chi connectivity index (χ4v) is 15.8. The number of fused-ring (bicyclic) bond motifs is 4. The highest BCUT2D eigenvalue weighted by Gasteiger charge is 2.64. The first-order valence-corrected chi connectivity index (χ1v) is 29.9. The van der Waals surface area contributed by atoms with E-state index in [1.54, 1.807) is 27.7 Å². The molecular weight excluding hydrogens is 1080 g/mol. The molecule has 0 aromatic rings. The number of quaternary nitrogens is 1. The van der Waals surface area contributed by atoms with Crippen molar-refractivity contribution in [2.75, 3.05) is 14.2 Å². The van der Waals surface area contributed by atoms with Crippen LogP contribution in [0.2, 0.25) is 0 Å². The van der Waals surface area contributed by atoms with Gasteiger partial charge in [-0.15, -0.1) is 0 Å². The number of allylic oxidation sites excluding steroid dienone is 4. The van der Waals surface area contributed by atoms with E-state index in [4.69, 9.17) is 52.1 Å². The van der Waals surface area contributed by atoms with Gasteiger partial charge in [0.25, 0.3) is 0 Å². The summed E-state index contributed by atoms with van der Waals surface area (Å²) in [4.78, 5) is 42.7. The highest BCUT2D eigenvalue weighted by Crippen LogP contribution is 2.61. The van der Waals surface area contributed by atoms with Gasteiger partial charge in [0.1, 0.15) is 35.7 Å². The summed E-state index contributed by atoms with van der Waals surface area (Å²) in [7, 11) is 2.71. The molecule has 28 atom stereocenters. The molecule has 22 nitrogen and oxygen atoms in total. The van der Waals surface area contributed by atoms with E-state index >= 15 is 4.79 Å². The molecule has 1 saturated carbocycles. The normalized spacial score (nSPS) is 50.2. The van der Waals surface area contributed by atoms with Crippen molar-refractivity contribution in [3.63, 3.8) is 0 Å². The van der Waals surface area contributed by atoms with Gasteiger partial charge in [-0.1, -0.05) is 69.2 Å². The summed E-state index contributed by atoms with van der Waals surface area (Å²) in [6.45, 7) is 22.4. The lowest BCUT2D eigenvalue weighted by Crippen LogP contribution is -3.17. The maximum Gasteiger partial charge on any atom is 0.407 e. The van der Waals surface area contributed by atoms with Crippen LogP contribution in [0.4, 0.5) is 4.79 Å². The van der Waals surface area contributed by atoms with E-state index in [0.29, 0.717) is 12.0 Å². The molecule has 0 aromatic heterocycles. The zero-order valence-electron chi connectivity index (χ0n) is 50.6. The Morgan fingerprint density at radius 2 is 1.33 bits per heavy atom. The monoisotopic (exact) mass is 1170 g/mol. The number of amides is 1. The van der Waals surface area contributed by atoms with Crippen molar-refractivity contribution in [3.05, 3.63) is 63.6 Å². The number of esters is 1. The number of aliphatic hydroxyl groups is 4. The van der Waals surface area contributed by atoms with Crippen LogP contribution in [-0.4, -0.2) is 173 Å². The molecule has 1 spiro atoms. The van der Waals surface area contributed by atoms with E-state index in [1.165, 1.54) is 21.1 Å². The molecule has 9 rings (SSSR count). The van der Waals surface area contributed by atoms with Crippen molar-refractivity contribution in [1.82, 2.24) is 5.32 Å². The summed E-state index contributed by atoms with van der Waals surface area (Å²) in [5.74, 6) is -4.29. The summed E-state index contributed by atoms with van der Waals surface area (Å²) in [5, 5.41) is 72.0. The molecule has 0 aromatic carbocycles. The van der Waals surface area contributed by atoms with Crippen LogP contribution in [0, 0.1) is 52.0 Å². The lowest BCUT2D eigenvalue weighted by molar-refractivity contribution is -1.09. The predicted molar refractivity (Wildman–Crippen MR) is 295 cm³/mol. The standard InChI is InChI=1S/C61H92N2O20/c1-27-15-18-42(79-47-26-59(11,63(71)72)54(36(10)78-47)62-58(70)74-14)29(3)21-37-20-28(2)32(6)25-61(37)56(68)48(57(69)83-61)55(67)60(12)39(27)17-16-38-49(60)30(4)19-31(5)51(38)81-46-24-43(50(66)33(7)75-46)80-44-23-41(65)53(35(9)77-44)82-45-22-40(64)52(73-13)34(8)76-45/h15-17,20-21,30-47,49-54,63-67,71H,18-19,22-26H2,1-14H3,(H,62,70)/b27-15+,29-21+,55-48+/t30-,31-,32+,33-,34-,35-,36+,37-,38-,39+,40+,41+,42-,43+,44-,45+,46-,47-,49-,50-,51-,52-,53-,54-,59-,60-,61+/m0/s1. The number of nitrogens with one attached hydrogen (secondary N) is 2. The predicted octanol–water partition coefficient (Wildman–Crippen LogP) is 5.10. The van der Waals surface area contributed by atoms with Crippen LogP contribution in [0.1, 0.15) is 128 Å². The smallest absolute Gasteiger partial charge is 0.407 e. The lowest BCUT2D eigenvalue weighted by atomic mass is 9.49. The van der Waals surface area contributed by atoms with Crippen molar-refractivity contribution < 1.29 is 97.3 Å². The topological polar surface area (TPSA) is 293 Å². The second-order valence-electron chi connectivity index (χ2n) is 26.1. The number of aliphatic hydroxyl groups excluding tert-OH is 4. The summed E-state index contributed by atoms with van der Waals surface area (Å²) < 4.78 is 68.2. The van der Waals surface area contributed by atoms with Gasteiger partial charge >= 0.3 is 12.1 Å². The average Bonchev–Trinajstić information content (AvgIpc) is 1.91. The fraction of sp³-hybridized carbons (Fsp3) is 0.787. The highest BCUT2D eigenvalue weighted by molar-refractivity contribution is 6.26. The molecule has 1 amide bonds. The minimum atomic E-state index is -1.70. The van der Waals surface area contributed by atoms with E-state index in [-0.39, 0.29) is 73.5 Å². The second kappa shape index (κ2) is 24.8. The zero-order chi connectivity index (χ0) is 60.5. The highest BCUT2D eigenvalue weighted by atomic mass is 16.8. The number of ether oxygens (including phenoxy) is 11. The molecule has 7 N–H and O–H groups in total. The molecule has 2 bridgehead atoms. The summed E-state index contributed by atoms with van der Waals surface area (Å²) >= 11 is 0. The first kappa shape index (κ1) is 63.8. The molecule has 1 unspecified atom stereocenters. The molecule has 5 heterocycles. The molecule has 5 aliphatic heterocycles. The first-order valence-electron chi connectivity index (χ1n) is 29.9. The third-order valence-corrected chi connectivity index (χ3v) is 20.4. The number of hydrogen-bond donors (Lipinski definition) is 7. The van der Waals surface area contributed by atoms with E-state index < -0.39 is 162 Å². The second-order valence-corrected chi connectivity index (χ2v) is 26.1. The zero-order valence-corrected chi connectivity index (χ0v) is 50.6. The maximum atomic E-state index is 15.5. The lowest BCUT2D eigenvalue weighted by Gasteiger charge is -2.56. The molecule has 22 heteroatoms. The number of Topliss-reactive ketones (excluding diaryl/α,β-unsaturated/α-hetero) is 1. The van der Waals surface area contributed by atoms with Gasteiger partial charge in [0.2, 0.25) is 5.78 Å². The first-order chi connectivity index (χ1) is 39.1. The van der Waals surface area contributed by atoms with Gasteiger partial charge in [0, 0.05) is 56.0 Å². The molecule has 0 radical (unpaired) electrons. The molecule has 4 aliphatic carbocycles. The molecular formula is C61H92N2O20. The molecule has 6 fully saturated rings. The SMILES string of the molecule is COC(=O)N[C@H]1[C@@H](C)O[C@@H](O[C@H]2C/C=C(\C)[C@H]3C=C[C@@H]4[C@@H](O[C@H]5C[C@@H](O[C@H]6C[C@@H](O)[C@@H](O[C@@H]7C[C@@H](O)[C@@H](OC)[C@H](C)O7)[C@H](C)O6)[C@@H](O)[C@H](C)O5)[C@@H](C)C[C@H](C)[C@@H]4[C@@]3(C)/C(O)=C3\C(=O)O[C@@]4(C[C@@H](C)C(C)=C[C@H]4/C=C/2C)C3=O)C[C@]1(C)[NH+]([O-])O. The van der Waals surface area contributed by atoms with Crippen LogP contribution in [0.5, 0.6) is 0 Å². The average molecular weight is 1170 g/mol. The number of rotatable bonds is 11. The van der Waals surface area contributed by atoms with Crippen molar-refractivity contribution in [2.24, 2.45) is 46.8 Å². The van der Waals surface area contributed by atoms with E-state index in [0.717, 1.165) is 11.1 Å². The summed E-state index contributed by atoms with van der Waals surface area (Å²) in [5.41, 5.74) is -2.40. The third-order valence-electron chi connectivity index (χ3n) is 20.4. The molecule has 9 aliphatic rings. The Morgan fingerprint density at radius 1 is 0.723 bits per heavy atom. The van der Waals surface area contributed by atoms with Gasteiger partial charge < -0.3 is 83.1 Å². The van der Waals surface area contributed by atoms with E-state index in [9.17, 15) is 40.4 Å². The van der Waals surface area contributed by atoms with Gasteiger partial charge in [-0.25, -0.2) is 20.0 Å². The Hall–Kier alpha value is -3.69. The van der Waals surface area contributed by atoms with Gasteiger partial charge in [0.15, 0.2) is 36.3 Å². The summed E-state index contributed by atoms with van der Waals surface area (Å²) in [6, 6.07) is -0.957. The third kappa shape index (κ3) is 12.0. The van der Waals surface area contributed by atoms with Gasteiger partial charge in [0.05, 0.1) is 68.5 Å². The number of carbonyl (C=O) groups is 3. The Balaban J connectivity index is 1.00.